The second-order valence-electron chi connectivity index (χ2n) is 7.65. The Labute approximate surface area is 200 Å². The molecular formula is C25H22N2O6S. The number of rotatable bonds is 8. The Morgan fingerprint density at radius 2 is 1.47 bits per heavy atom. The van der Waals surface area contributed by atoms with Gasteiger partial charge in [-0.1, -0.05) is 42.5 Å². The fourth-order valence-corrected chi connectivity index (χ4v) is 5.51. The molecule has 1 heterocycles. The molecule has 8 nitrogen and oxygen atoms in total. The van der Waals surface area contributed by atoms with Crippen LogP contribution in [0.25, 0.3) is 0 Å². The van der Waals surface area contributed by atoms with Crippen LogP contribution in [-0.2, 0) is 9.54 Å². The number of ether oxygens (including phenoxy) is 2. The van der Waals surface area contributed by atoms with Gasteiger partial charge in [0, 0.05) is 4.92 Å². The Bertz CT molecular complexity index is 1200. The molecule has 3 aromatic carbocycles. The number of hydrogen-bond acceptors (Lipinski definition) is 7. The van der Waals surface area contributed by atoms with Crippen molar-refractivity contribution in [2.24, 2.45) is 0 Å². The number of benzene rings is 3. The smallest absolute Gasteiger partial charge is 0.294 e. The van der Waals surface area contributed by atoms with Crippen molar-refractivity contribution >= 4 is 28.6 Å². The molecule has 0 aliphatic carbocycles. The SMILES string of the molecule is COc1ccc([C@@H](C[N+](=O)[O-])[C@@]2(c3ccccc3)SC(=O)N(c3ccc(OC)cc3)C2=O)cc1. The van der Waals surface area contributed by atoms with Crippen LogP contribution in [0.3, 0.4) is 0 Å². The van der Waals surface area contributed by atoms with Gasteiger partial charge in [0.2, 0.25) is 6.54 Å². The Morgan fingerprint density at radius 1 is 0.912 bits per heavy atom. The van der Waals surface area contributed by atoms with Crippen molar-refractivity contribution in [3.05, 3.63) is 100 Å². The molecule has 1 fully saturated rings. The summed E-state index contributed by atoms with van der Waals surface area (Å²) >= 11 is 0.813. The molecule has 4 rings (SSSR count). The summed E-state index contributed by atoms with van der Waals surface area (Å²) < 4.78 is 8.87. The van der Waals surface area contributed by atoms with Crippen LogP contribution >= 0.6 is 11.8 Å². The predicted octanol–water partition coefficient (Wildman–Crippen LogP) is 4.86. The van der Waals surface area contributed by atoms with E-state index in [2.05, 4.69) is 0 Å². The molecule has 0 radical (unpaired) electrons. The van der Waals surface area contributed by atoms with E-state index < -0.39 is 33.3 Å². The Morgan fingerprint density at radius 3 is 2.00 bits per heavy atom. The first-order valence-electron chi connectivity index (χ1n) is 10.4. The zero-order valence-corrected chi connectivity index (χ0v) is 19.4. The van der Waals surface area contributed by atoms with E-state index in [1.54, 1.807) is 78.9 Å². The van der Waals surface area contributed by atoms with E-state index in [9.17, 15) is 19.7 Å². The maximum absolute atomic E-state index is 14.1. The van der Waals surface area contributed by atoms with Gasteiger partial charge < -0.3 is 9.47 Å². The summed E-state index contributed by atoms with van der Waals surface area (Å²) in [5.41, 5.74) is 1.46. The van der Waals surface area contributed by atoms with Crippen molar-refractivity contribution in [1.29, 1.82) is 0 Å². The lowest BCUT2D eigenvalue weighted by molar-refractivity contribution is -0.484. The van der Waals surface area contributed by atoms with Crippen molar-refractivity contribution in [2.45, 2.75) is 10.7 Å². The van der Waals surface area contributed by atoms with Gasteiger partial charge in [0.15, 0.2) is 0 Å². The van der Waals surface area contributed by atoms with E-state index >= 15 is 0 Å². The van der Waals surface area contributed by atoms with Crippen molar-refractivity contribution in [3.8, 4) is 11.5 Å². The summed E-state index contributed by atoms with van der Waals surface area (Å²) in [6, 6.07) is 22.1. The van der Waals surface area contributed by atoms with Crippen LogP contribution in [-0.4, -0.2) is 36.8 Å². The fraction of sp³-hybridized carbons (Fsp3) is 0.200. The number of nitro groups is 1. The number of hydrogen-bond donors (Lipinski definition) is 0. The molecule has 0 N–H and O–H groups in total. The third-order valence-corrected chi connectivity index (χ3v) is 7.20. The summed E-state index contributed by atoms with van der Waals surface area (Å²) in [7, 11) is 3.05. The van der Waals surface area contributed by atoms with Gasteiger partial charge in [-0.3, -0.25) is 19.7 Å². The zero-order chi connectivity index (χ0) is 24.3. The van der Waals surface area contributed by atoms with Gasteiger partial charge in [0.1, 0.15) is 16.2 Å². The minimum absolute atomic E-state index is 0.371. The van der Waals surface area contributed by atoms with Gasteiger partial charge in [0.25, 0.3) is 11.1 Å². The van der Waals surface area contributed by atoms with E-state index in [1.807, 2.05) is 0 Å². The zero-order valence-electron chi connectivity index (χ0n) is 18.5. The second-order valence-corrected chi connectivity index (χ2v) is 8.85. The van der Waals surface area contributed by atoms with E-state index in [0.717, 1.165) is 16.7 Å². The molecule has 2 amide bonds. The Kier molecular flexibility index (Phi) is 6.56. The lowest BCUT2D eigenvalue weighted by Crippen LogP contribution is -2.44. The minimum atomic E-state index is -1.53. The van der Waals surface area contributed by atoms with Crippen LogP contribution in [0.5, 0.6) is 11.5 Å². The molecule has 174 valence electrons. The third-order valence-electron chi connectivity index (χ3n) is 5.83. The molecule has 0 unspecified atom stereocenters. The number of anilines is 1. The highest BCUT2D eigenvalue weighted by molar-refractivity contribution is 8.16. The molecular weight excluding hydrogens is 456 g/mol. The number of amides is 2. The van der Waals surface area contributed by atoms with Gasteiger partial charge in [-0.25, -0.2) is 4.90 Å². The van der Waals surface area contributed by atoms with E-state index in [4.69, 9.17) is 9.47 Å². The first-order valence-corrected chi connectivity index (χ1v) is 11.2. The first-order chi connectivity index (χ1) is 16.4. The molecule has 0 saturated carbocycles. The van der Waals surface area contributed by atoms with E-state index in [1.165, 1.54) is 14.2 Å². The number of imide groups is 1. The van der Waals surface area contributed by atoms with Crippen molar-refractivity contribution in [1.82, 2.24) is 0 Å². The molecule has 1 aliphatic heterocycles. The van der Waals surface area contributed by atoms with Crippen LogP contribution in [0.1, 0.15) is 17.0 Å². The second kappa shape index (κ2) is 9.56. The number of thioether (sulfide) groups is 1. The average molecular weight is 479 g/mol. The Balaban J connectivity index is 1.89. The lowest BCUT2D eigenvalue weighted by Gasteiger charge is -2.33. The van der Waals surface area contributed by atoms with Crippen LogP contribution in [0.4, 0.5) is 10.5 Å². The van der Waals surface area contributed by atoms with E-state index in [-0.39, 0.29) is 0 Å². The highest BCUT2D eigenvalue weighted by Gasteiger charge is 2.60. The average Bonchev–Trinajstić information content (AvgIpc) is 3.13. The van der Waals surface area contributed by atoms with Gasteiger partial charge in [-0.2, -0.15) is 0 Å². The monoisotopic (exact) mass is 478 g/mol. The van der Waals surface area contributed by atoms with Gasteiger partial charge in [-0.05, 0) is 59.3 Å². The predicted molar refractivity (Wildman–Crippen MR) is 129 cm³/mol. The number of nitrogens with zero attached hydrogens (tertiary/aromatic N) is 2. The molecule has 0 aromatic heterocycles. The van der Waals surface area contributed by atoms with Crippen LogP contribution < -0.4 is 14.4 Å². The van der Waals surface area contributed by atoms with Gasteiger partial charge >= 0.3 is 0 Å². The topological polar surface area (TPSA) is 99.0 Å². The van der Waals surface area contributed by atoms with Crippen molar-refractivity contribution in [3.63, 3.8) is 0 Å². The first kappa shape index (κ1) is 23.3. The fourth-order valence-electron chi connectivity index (χ4n) is 4.17. The summed E-state index contributed by atoms with van der Waals surface area (Å²) in [6.45, 7) is -0.538. The van der Waals surface area contributed by atoms with Crippen LogP contribution in [0.2, 0.25) is 0 Å². The highest BCUT2D eigenvalue weighted by Crippen LogP contribution is 2.55. The molecule has 1 saturated heterocycles. The summed E-state index contributed by atoms with van der Waals surface area (Å²) in [4.78, 5) is 39.9. The minimum Gasteiger partial charge on any atom is -0.497 e. The molecule has 0 bridgehead atoms. The standard InChI is InChI=1S/C25H22N2O6S/c1-32-20-12-8-17(9-13-20)22(16-26(30)31)25(18-6-4-3-5-7-18)23(28)27(24(29)34-25)19-10-14-21(33-2)15-11-19/h3-15,22H,16H2,1-2H3/t22-,25-/m1/s1. The number of carbonyl (C=O) groups is 2. The highest BCUT2D eigenvalue weighted by atomic mass is 32.2. The largest absolute Gasteiger partial charge is 0.497 e. The van der Waals surface area contributed by atoms with Crippen molar-refractivity contribution in [2.75, 3.05) is 25.7 Å². The normalized spacial score (nSPS) is 18.6. The molecule has 3 aromatic rings. The van der Waals surface area contributed by atoms with E-state index in [0.29, 0.717) is 28.3 Å². The van der Waals surface area contributed by atoms with Crippen LogP contribution in [0.15, 0.2) is 78.9 Å². The molecule has 1 aliphatic rings. The lowest BCUT2D eigenvalue weighted by atomic mass is 9.79. The molecule has 9 heteroatoms. The quantitative estimate of drug-likeness (QED) is 0.337. The molecule has 34 heavy (non-hydrogen) atoms. The van der Waals surface area contributed by atoms with Gasteiger partial charge in [0.05, 0.1) is 25.8 Å². The van der Waals surface area contributed by atoms with Crippen LogP contribution in [0, 0.1) is 10.1 Å². The molecule has 2 atom stereocenters. The maximum atomic E-state index is 14.1. The van der Waals surface area contributed by atoms with Gasteiger partial charge in [-0.15, -0.1) is 0 Å². The summed E-state index contributed by atoms with van der Waals surface area (Å²) in [5.74, 6) is -0.282. The number of methoxy groups -OCH3 is 2. The summed E-state index contributed by atoms with van der Waals surface area (Å²) in [6.07, 6.45) is 0. The third kappa shape index (κ3) is 4.10. The van der Waals surface area contributed by atoms with Crippen molar-refractivity contribution < 1.29 is 24.0 Å². The molecule has 0 spiro atoms. The maximum Gasteiger partial charge on any atom is 0.294 e. The number of carbonyl (C=O) groups excluding carboxylic acids is 2. The summed E-state index contributed by atoms with van der Waals surface area (Å²) in [5, 5.41) is 11.3. The Hall–Kier alpha value is -3.85.